The summed E-state index contributed by atoms with van der Waals surface area (Å²) in [5.41, 5.74) is 0. The van der Waals surface area contributed by atoms with Crippen LogP contribution in [0.4, 0.5) is 4.39 Å². The summed E-state index contributed by atoms with van der Waals surface area (Å²) >= 11 is 0. The van der Waals surface area contributed by atoms with Gasteiger partial charge in [-0.1, -0.05) is 0 Å². The van der Waals surface area contributed by atoms with E-state index in [1.807, 2.05) is 0 Å². The minimum absolute atomic E-state index is 0. The summed E-state index contributed by atoms with van der Waals surface area (Å²) in [6.07, 6.45) is 6.94. The molecule has 0 saturated carbocycles. The second-order valence-electron chi connectivity index (χ2n) is 4.37. The summed E-state index contributed by atoms with van der Waals surface area (Å²) in [5.74, 6) is 0.376. The maximum Gasteiger partial charge on any atom is 0.316 e. The number of hydrogen-bond donors (Lipinski definition) is 1. The lowest BCUT2D eigenvalue weighted by Crippen LogP contribution is -2.27. The predicted octanol–water partition coefficient (Wildman–Crippen LogP) is 2.20. The number of aromatic nitrogens is 2. The standard InChI is InChI=1S/C12H18FN3O.ClH/c13-11-8-15-12(16-9-11)17-7-1-2-10-3-5-14-6-4-10;/h8-10,14H,1-7H2;1H. The van der Waals surface area contributed by atoms with Gasteiger partial charge in [0.05, 0.1) is 19.0 Å². The van der Waals surface area contributed by atoms with Gasteiger partial charge >= 0.3 is 6.01 Å². The van der Waals surface area contributed by atoms with Crippen molar-refractivity contribution in [2.45, 2.75) is 25.7 Å². The van der Waals surface area contributed by atoms with Crippen LogP contribution in [0, 0.1) is 11.7 Å². The van der Waals surface area contributed by atoms with Gasteiger partial charge in [0.25, 0.3) is 0 Å². The Morgan fingerprint density at radius 2 is 1.94 bits per heavy atom. The Morgan fingerprint density at radius 1 is 1.28 bits per heavy atom. The van der Waals surface area contributed by atoms with Crippen LogP contribution in [0.15, 0.2) is 12.4 Å². The van der Waals surface area contributed by atoms with Crippen LogP contribution in [-0.2, 0) is 0 Å². The predicted molar refractivity (Wildman–Crippen MR) is 69.6 cm³/mol. The number of nitrogens with one attached hydrogen (secondary N) is 1. The molecular formula is C12H19ClFN3O. The zero-order valence-electron chi connectivity index (χ0n) is 10.3. The third kappa shape index (κ3) is 5.14. The van der Waals surface area contributed by atoms with Crippen molar-refractivity contribution >= 4 is 12.4 Å². The number of hydrogen-bond acceptors (Lipinski definition) is 4. The minimum atomic E-state index is -0.438. The van der Waals surface area contributed by atoms with Crippen molar-refractivity contribution in [1.82, 2.24) is 15.3 Å². The fraction of sp³-hybridized carbons (Fsp3) is 0.667. The largest absolute Gasteiger partial charge is 0.463 e. The number of ether oxygens (including phenoxy) is 1. The van der Waals surface area contributed by atoms with E-state index >= 15 is 0 Å². The first-order chi connectivity index (χ1) is 8.34. The lowest BCUT2D eigenvalue weighted by molar-refractivity contribution is 0.257. The van der Waals surface area contributed by atoms with E-state index in [0.29, 0.717) is 6.61 Å². The first kappa shape index (κ1) is 15.1. The molecule has 0 spiro atoms. The van der Waals surface area contributed by atoms with Crippen LogP contribution in [0.2, 0.25) is 0 Å². The minimum Gasteiger partial charge on any atom is -0.463 e. The molecule has 1 fully saturated rings. The van der Waals surface area contributed by atoms with E-state index in [1.54, 1.807) is 0 Å². The lowest BCUT2D eigenvalue weighted by Gasteiger charge is -2.22. The van der Waals surface area contributed by atoms with Crippen molar-refractivity contribution in [2.24, 2.45) is 5.92 Å². The molecule has 102 valence electrons. The molecule has 1 aromatic heterocycles. The fourth-order valence-corrected chi connectivity index (χ4v) is 2.08. The van der Waals surface area contributed by atoms with Crippen LogP contribution >= 0.6 is 12.4 Å². The van der Waals surface area contributed by atoms with E-state index in [4.69, 9.17) is 4.74 Å². The second kappa shape index (κ2) is 8.21. The summed E-state index contributed by atoms with van der Waals surface area (Å²) in [4.78, 5) is 7.49. The van der Waals surface area contributed by atoms with Gasteiger partial charge in [-0.3, -0.25) is 0 Å². The molecule has 0 aromatic carbocycles. The molecule has 1 aliphatic heterocycles. The average molecular weight is 276 g/mol. The molecule has 0 amide bonds. The second-order valence-corrected chi connectivity index (χ2v) is 4.37. The smallest absolute Gasteiger partial charge is 0.316 e. The molecule has 1 aromatic rings. The molecule has 4 nitrogen and oxygen atoms in total. The highest BCUT2D eigenvalue weighted by molar-refractivity contribution is 5.85. The normalized spacial score (nSPS) is 16.1. The third-order valence-electron chi connectivity index (χ3n) is 3.04. The topological polar surface area (TPSA) is 47.0 Å². The summed E-state index contributed by atoms with van der Waals surface area (Å²) in [6, 6.07) is 0.261. The number of nitrogens with zero attached hydrogens (tertiary/aromatic N) is 2. The first-order valence-corrected chi connectivity index (χ1v) is 6.15. The van der Waals surface area contributed by atoms with E-state index < -0.39 is 5.82 Å². The quantitative estimate of drug-likeness (QED) is 0.837. The van der Waals surface area contributed by atoms with E-state index in [9.17, 15) is 4.39 Å². The zero-order valence-corrected chi connectivity index (χ0v) is 11.1. The van der Waals surface area contributed by atoms with Crippen molar-refractivity contribution in [3.8, 4) is 6.01 Å². The van der Waals surface area contributed by atoms with E-state index in [1.165, 1.54) is 19.3 Å². The Morgan fingerprint density at radius 3 is 2.61 bits per heavy atom. The van der Waals surface area contributed by atoms with Gasteiger partial charge < -0.3 is 10.1 Å². The van der Waals surface area contributed by atoms with E-state index in [2.05, 4.69) is 15.3 Å². The van der Waals surface area contributed by atoms with Crippen LogP contribution < -0.4 is 10.1 Å². The Kier molecular flexibility index (Phi) is 6.90. The molecule has 18 heavy (non-hydrogen) atoms. The molecule has 0 bridgehead atoms. The molecule has 1 N–H and O–H groups in total. The van der Waals surface area contributed by atoms with Gasteiger partial charge in [-0.2, -0.15) is 0 Å². The molecule has 6 heteroatoms. The highest BCUT2D eigenvalue weighted by atomic mass is 35.5. The Hall–Kier alpha value is -0.940. The SMILES string of the molecule is Cl.Fc1cnc(OCCCC2CCNCC2)nc1. The third-order valence-corrected chi connectivity index (χ3v) is 3.04. The maximum atomic E-state index is 12.5. The van der Waals surface area contributed by atoms with E-state index in [-0.39, 0.29) is 18.4 Å². The van der Waals surface area contributed by atoms with Crippen molar-refractivity contribution in [3.63, 3.8) is 0 Å². The van der Waals surface area contributed by atoms with Crippen molar-refractivity contribution in [3.05, 3.63) is 18.2 Å². The molecular weight excluding hydrogens is 257 g/mol. The van der Waals surface area contributed by atoms with E-state index in [0.717, 1.165) is 37.8 Å². The molecule has 2 rings (SSSR count). The highest BCUT2D eigenvalue weighted by Crippen LogP contribution is 2.17. The van der Waals surface area contributed by atoms with Crippen LogP contribution in [0.1, 0.15) is 25.7 Å². The number of halogens is 2. The zero-order chi connectivity index (χ0) is 11.9. The van der Waals surface area contributed by atoms with Gasteiger partial charge in [0.1, 0.15) is 0 Å². The number of rotatable bonds is 5. The molecule has 0 aliphatic carbocycles. The number of piperidine rings is 1. The monoisotopic (exact) mass is 275 g/mol. The molecule has 0 radical (unpaired) electrons. The van der Waals surface area contributed by atoms with Gasteiger partial charge in [0, 0.05) is 0 Å². The molecule has 0 atom stereocenters. The molecule has 0 unspecified atom stereocenters. The summed E-state index contributed by atoms with van der Waals surface area (Å²) < 4.78 is 17.9. The van der Waals surface area contributed by atoms with Gasteiger partial charge in [-0.05, 0) is 44.7 Å². The highest BCUT2D eigenvalue weighted by Gasteiger charge is 2.12. The van der Waals surface area contributed by atoms with Crippen molar-refractivity contribution in [2.75, 3.05) is 19.7 Å². The maximum absolute atomic E-state index is 12.5. The summed E-state index contributed by atoms with van der Waals surface area (Å²) in [7, 11) is 0. The van der Waals surface area contributed by atoms with Crippen molar-refractivity contribution in [1.29, 1.82) is 0 Å². The van der Waals surface area contributed by atoms with Gasteiger partial charge in [0.2, 0.25) is 0 Å². The fourth-order valence-electron chi connectivity index (χ4n) is 2.08. The molecule has 1 saturated heterocycles. The molecule has 2 heterocycles. The first-order valence-electron chi connectivity index (χ1n) is 6.15. The van der Waals surface area contributed by atoms with Crippen LogP contribution in [0.3, 0.4) is 0 Å². The lowest BCUT2D eigenvalue weighted by atomic mass is 9.93. The Labute approximate surface area is 113 Å². The Bertz CT molecular complexity index is 331. The Balaban J connectivity index is 0.00000162. The summed E-state index contributed by atoms with van der Waals surface area (Å²) in [6.45, 7) is 2.87. The summed E-state index contributed by atoms with van der Waals surface area (Å²) in [5, 5.41) is 3.35. The van der Waals surface area contributed by atoms with Crippen molar-refractivity contribution < 1.29 is 9.13 Å². The molecule has 1 aliphatic rings. The van der Waals surface area contributed by atoms with Gasteiger partial charge in [0.15, 0.2) is 5.82 Å². The van der Waals surface area contributed by atoms with Gasteiger partial charge in [-0.25, -0.2) is 14.4 Å². The van der Waals surface area contributed by atoms with Gasteiger partial charge in [-0.15, -0.1) is 12.4 Å². The van der Waals surface area contributed by atoms with Crippen LogP contribution in [0.25, 0.3) is 0 Å². The van der Waals surface area contributed by atoms with Crippen LogP contribution in [0.5, 0.6) is 6.01 Å². The van der Waals surface area contributed by atoms with Crippen LogP contribution in [-0.4, -0.2) is 29.7 Å². The average Bonchev–Trinajstić information content (AvgIpc) is 2.38.